The van der Waals surface area contributed by atoms with Crippen molar-refractivity contribution < 1.29 is 9.53 Å². The zero-order valence-corrected chi connectivity index (χ0v) is 10.8. The van der Waals surface area contributed by atoms with Gasteiger partial charge in [0.2, 0.25) is 0 Å². The number of hydrogen-bond donors (Lipinski definition) is 0. The van der Waals surface area contributed by atoms with Gasteiger partial charge in [0.1, 0.15) is 0 Å². The Morgan fingerprint density at radius 2 is 1.71 bits per heavy atom. The highest BCUT2D eigenvalue weighted by Gasteiger charge is 2.16. The van der Waals surface area contributed by atoms with Crippen LogP contribution in [-0.2, 0) is 18.8 Å². The van der Waals surface area contributed by atoms with Crippen LogP contribution in [0.4, 0.5) is 4.79 Å². The normalized spacial score (nSPS) is 10.6. The first-order chi connectivity index (χ1) is 7.77. The molecule has 1 heterocycles. The van der Waals surface area contributed by atoms with Gasteiger partial charge in [-0.15, -0.1) is 0 Å². The van der Waals surface area contributed by atoms with E-state index in [1.54, 1.807) is 13.8 Å². The zero-order chi connectivity index (χ0) is 13.3. The molecule has 1 aromatic rings. The average molecular weight is 259 g/mol. The lowest BCUT2D eigenvalue weighted by atomic mass is 10.5. The molecule has 1 aromatic heterocycles. The highest BCUT2D eigenvalue weighted by Crippen LogP contribution is 1.93. The second kappa shape index (κ2) is 4.66. The van der Waals surface area contributed by atoms with Crippen LogP contribution < -0.4 is 11.4 Å². The van der Waals surface area contributed by atoms with E-state index in [0.717, 1.165) is 9.13 Å². The number of hydrogen-bond acceptors (Lipinski definition) is 5. The van der Waals surface area contributed by atoms with Crippen molar-refractivity contribution in [1.29, 1.82) is 0 Å². The molecule has 7 nitrogen and oxygen atoms in total. The molecule has 0 aromatic carbocycles. The summed E-state index contributed by atoms with van der Waals surface area (Å²) >= 11 is 4.87. The van der Waals surface area contributed by atoms with Crippen LogP contribution in [0, 0.1) is 4.77 Å². The first kappa shape index (κ1) is 13.4. The van der Waals surface area contributed by atoms with E-state index >= 15 is 0 Å². The van der Waals surface area contributed by atoms with Crippen LogP contribution in [0.2, 0.25) is 0 Å². The van der Waals surface area contributed by atoms with Crippen molar-refractivity contribution in [1.82, 2.24) is 13.7 Å². The molecule has 0 amide bonds. The van der Waals surface area contributed by atoms with E-state index in [2.05, 4.69) is 0 Å². The molecule has 0 saturated heterocycles. The molecule has 0 atom stereocenters. The van der Waals surface area contributed by atoms with Crippen molar-refractivity contribution in [3.8, 4) is 0 Å². The third kappa shape index (κ3) is 2.36. The van der Waals surface area contributed by atoms with Gasteiger partial charge >= 0.3 is 17.5 Å². The summed E-state index contributed by atoms with van der Waals surface area (Å²) in [6.45, 7) is 3.29. The van der Waals surface area contributed by atoms with Crippen molar-refractivity contribution in [2.75, 3.05) is 0 Å². The van der Waals surface area contributed by atoms with Crippen LogP contribution in [0.5, 0.6) is 0 Å². The topological polar surface area (TPSA) is 75.2 Å². The average Bonchev–Trinajstić information content (AvgIpc) is 2.23. The number of ether oxygens (including phenoxy) is 1. The summed E-state index contributed by atoms with van der Waals surface area (Å²) in [7, 11) is 2.64. The van der Waals surface area contributed by atoms with Crippen LogP contribution in [0.25, 0.3) is 0 Å². The van der Waals surface area contributed by atoms with Crippen molar-refractivity contribution in [2.24, 2.45) is 14.1 Å². The summed E-state index contributed by atoms with van der Waals surface area (Å²) in [5.41, 5.74) is -1.41. The second-order valence-electron chi connectivity index (χ2n) is 3.73. The third-order valence-electron chi connectivity index (χ3n) is 2.05. The Kier molecular flexibility index (Phi) is 3.66. The quantitative estimate of drug-likeness (QED) is 0.664. The van der Waals surface area contributed by atoms with Gasteiger partial charge in [-0.3, -0.25) is 4.57 Å². The van der Waals surface area contributed by atoms with Gasteiger partial charge < -0.3 is 4.74 Å². The predicted octanol–water partition coefficient (Wildman–Crippen LogP) is 0.00809. The summed E-state index contributed by atoms with van der Waals surface area (Å²) in [6, 6.07) is 0. The van der Waals surface area contributed by atoms with Gasteiger partial charge in [-0.2, -0.15) is 4.57 Å². The first-order valence-electron chi connectivity index (χ1n) is 4.87. The van der Waals surface area contributed by atoms with Crippen LogP contribution in [0.1, 0.15) is 13.8 Å². The van der Waals surface area contributed by atoms with E-state index in [9.17, 15) is 14.4 Å². The van der Waals surface area contributed by atoms with Gasteiger partial charge in [0.05, 0.1) is 6.10 Å². The van der Waals surface area contributed by atoms with E-state index in [1.165, 1.54) is 14.1 Å². The van der Waals surface area contributed by atoms with Crippen molar-refractivity contribution in [3.63, 3.8) is 0 Å². The Morgan fingerprint density at radius 3 is 2.18 bits per heavy atom. The maximum absolute atomic E-state index is 11.7. The Labute approximate surface area is 102 Å². The predicted molar refractivity (Wildman–Crippen MR) is 62.8 cm³/mol. The molecule has 0 aliphatic rings. The SMILES string of the molecule is CC(C)OC(=O)n1c(=O)n(C)c(=O)n(C)c1=S. The number of carbonyl (C=O) groups excluding carboxylic acids is 1. The minimum atomic E-state index is -0.888. The minimum Gasteiger partial charge on any atom is -0.446 e. The van der Waals surface area contributed by atoms with Crippen LogP contribution >= 0.6 is 12.2 Å². The lowest BCUT2D eigenvalue weighted by Gasteiger charge is -2.11. The molecule has 0 saturated carbocycles. The molecular weight excluding hydrogens is 246 g/mol. The lowest BCUT2D eigenvalue weighted by molar-refractivity contribution is 0.114. The molecule has 0 aliphatic carbocycles. The van der Waals surface area contributed by atoms with Crippen LogP contribution in [0.15, 0.2) is 9.59 Å². The van der Waals surface area contributed by atoms with Gasteiger partial charge in [-0.05, 0) is 26.1 Å². The number of carbonyl (C=O) groups is 1. The summed E-state index contributed by atoms with van der Waals surface area (Å²) in [4.78, 5) is 34.9. The molecule has 1 rings (SSSR count). The number of nitrogens with zero attached hydrogens (tertiary/aromatic N) is 3. The van der Waals surface area contributed by atoms with Crippen molar-refractivity contribution in [3.05, 3.63) is 25.7 Å². The number of rotatable bonds is 1. The van der Waals surface area contributed by atoms with Crippen LogP contribution in [-0.4, -0.2) is 25.9 Å². The van der Waals surface area contributed by atoms with Gasteiger partial charge in [0.25, 0.3) is 0 Å². The number of aromatic nitrogens is 3. The monoisotopic (exact) mass is 259 g/mol. The molecule has 0 bridgehead atoms. The maximum Gasteiger partial charge on any atom is 0.424 e. The van der Waals surface area contributed by atoms with Gasteiger partial charge in [-0.25, -0.2) is 19.0 Å². The molecule has 0 N–H and O–H groups in total. The molecule has 0 radical (unpaired) electrons. The molecule has 0 unspecified atom stereocenters. The van der Waals surface area contributed by atoms with Gasteiger partial charge in [0, 0.05) is 14.1 Å². The molecular formula is C9H13N3O4S. The fourth-order valence-electron chi connectivity index (χ4n) is 1.18. The van der Waals surface area contributed by atoms with Crippen molar-refractivity contribution >= 4 is 18.3 Å². The Balaban J connectivity index is 3.57. The smallest absolute Gasteiger partial charge is 0.424 e. The summed E-state index contributed by atoms with van der Waals surface area (Å²) in [5.74, 6) is 0. The standard InChI is InChI=1S/C9H13N3O4S/c1-5(2)16-9(15)12-7(14)10(3)6(13)11(4)8(12)17/h5H,1-4H3. The Bertz CT molecular complexity index is 582. The van der Waals surface area contributed by atoms with Gasteiger partial charge in [0.15, 0.2) is 4.77 Å². The summed E-state index contributed by atoms with van der Waals surface area (Å²) in [5, 5.41) is 0. The summed E-state index contributed by atoms with van der Waals surface area (Å²) in [6.07, 6.45) is -1.27. The molecule has 94 valence electrons. The zero-order valence-electron chi connectivity index (χ0n) is 9.96. The van der Waals surface area contributed by atoms with E-state index < -0.39 is 17.5 Å². The highest BCUT2D eigenvalue weighted by molar-refractivity contribution is 7.71. The largest absolute Gasteiger partial charge is 0.446 e. The second-order valence-corrected chi connectivity index (χ2v) is 4.10. The molecule has 0 aliphatic heterocycles. The van der Waals surface area contributed by atoms with E-state index in [-0.39, 0.29) is 10.9 Å². The third-order valence-corrected chi connectivity index (χ3v) is 2.51. The Morgan fingerprint density at radius 1 is 1.18 bits per heavy atom. The lowest BCUT2D eigenvalue weighted by Crippen LogP contribution is -2.46. The van der Waals surface area contributed by atoms with E-state index in [4.69, 9.17) is 17.0 Å². The molecule has 0 spiro atoms. The molecule has 8 heteroatoms. The molecule has 17 heavy (non-hydrogen) atoms. The fourth-order valence-corrected chi connectivity index (χ4v) is 1.41. The van der Waals surface area contributed by atoms with Crippen LogP contribution in [0.3, 0.4) is 0 Å². The summed E-state index contributed by atoms with van der Waals surface area (Å²) < 4.78 is 7.15. The highest BCUT2D eigenvalue weighted by atomic mass is 32.1. The minimum absolute atomic E-state index is 0.191. The fraction of sp³-hybridized carbons (Fsp3) is 0.556. The maximum atomic E-state index is 11.7. The van der Waals surface area contributed by atoms with E-state index in [0.29, 0.717) is 4.57 Å². The van der Waals surface area contributed by atoms with Gasteiger partial charge in [-0.1, -0.05) is 0 Å². The molecule has 0 fully saturated rings. The Hall–Kier alpha value is -1.70. The first-order valence-corrected chi connectivity index (χ1v) is 5.28. The van der Waals surface area contributed by atoms with E-state index in [1.807, 2.05) is 0 Å². The van der Waals surface area contributed by atoms with Crippen molar-refractivity contribution in [2.45, 2.75) is 20.0 Å².